The Labute approximate surface area is 97.7 Å². The van der Waals surface area contributed by atoms with Gasteiger partial charge in [-0.1, -0.05) is 18.6 Å². The van der Waals surface area contributed by atoms with Gasteiger partial charge < -0.3 is 10.6 Å². The molecule has 0 spiro atoms. The van der Waals surface area contributed by atoms with Gasteiger partial charge in [0.1, 0.15) is 0 Å². The molecule has 2 aliphatic heterocycles. The molecule has 1 unspecified atom stereocenters. The molecule has 0 amide bonds. The number of nitrogens with two attached hydrogens (primary N) is 1. The predicted molar refractivity (Wildman–Crippen MR) is 68.3 cm³/mol. The highest BCUT2D eigenvalue weighted by atomic mass is 15.1. The Kier molecular flexibility index (Phi) is 4.03. The molecular formula is C13H21N3. The molecule has 2 rings (SSSR count). The number of hydrogen-bond donors (Lipinski definition) is 1. The van der Waals surface area contributed by atoms with E-state index in [2.05, 4.69) is 34.3 Å². The summed E-state index contributed by atoms with van der Waals surface area (Å²) < 4.78 is 0. The van der Waals surface area contributed by atoms with E-state index in [1.807, 2.05) is 0 Å². The average Bonchev–Trinajstić information content (AvgIpc) is 2.52. The Morgan fingerprint density at radius 1 is 1.38 bits per heavy atom. The molecule has 3 nitrogen and oxygen atoms in total. The second-order valence-electron chi connectivity index (χ2n) is 4.57. The second-order valence-corrected chi connectivity index (χ2v) is 4.57. The Morgan fingerprint density at radius 2 is 2.31 bits per heavy atom. The summed E-state index contributed by atoms with van der Waals surface area (Å²) in [5.41, 5.74) is 5.85. The van der Waals surface area contributed by atoms with Crippen LogP contribution in [0, 0.1) is 0 Å². The molecule has 1 atom stereocenters. The van der Waals surface area contributed by atoms with E-state index in [0.717, 1.165) is 31.8 Å². The highest BCUT2D eigenvalue weighted by molar-refractivity contribution is 5.80. The van der Waals surface area contributed by atoms with Gasteiger partial charge in [0.2, 0.25) is 0 Å². The standard InChI is InChI=1S/C13H21N3/c14-13-7-3-2-6-12(15-13)8-11-16-9-4-1-5-10-16/h1,4-5,9,12H,2-3,6-8,10-11H2,(H2,14,15). The van der Waals surface area contributed by atoms with Crippen LogP contribution in [-0.4, -0.2) is 29.9 Å². The molecule has 0 aromatic carbocycles. The Balaban J connectivity index is 1.78. The third-order valence-electron chi connectivity index (χ3n) is 3.20. The Morgan fingerprint density at radius 3 is 3.12 bits per heavy atom. The number of amidine groups is 1. The highest BCUT2D eigenvalue weighted by Crippen LogP contribution is 2.15. The normalized spacial score (nSPS) is 25.4. The van der Waals surface area contributed by atoms with Crippen molar-refractivity contribution in [3.63, 3.8) is 0 Å². The van der Waals surface area contributed by atoms with Crippen LogP contribution in [0.4, 0.5) is 0 Å². The second kappa shape index (κ2) is 5.73. The fourth-order valence-electron chi connectivity index (χ4n) is 2.25. The summed E-state index contributed by atoms with van der Waals surface area (Å²) in [6, 6.07) is 0.446. The van der Waals surface area contributed by atoms with Crippen LogP contribution < -0.4 is 5.73 Å². The van der Waals surface area contributed by atoms with E-state index < -0.39 is 0 Å². The van der Waals surface area contributed by atoms with Gasteiger partial charge in [-0.05, 0) is 31.5 Å². The van der Waals surface area contributed by atoms with Gasteiger partial charge in [-0.25, -0.2) is 0 Å². The van der Waals surface area contributed by atoms with Gasteiger partial charge in [0.05, 0.1) is 11.9 Å². The molecule has 0 bridgehead atoms. The third kappa shape index (κ3) is 3.40. The van der Waals surface area contributed by atoms with Crippen molar-refractivity contribution < 1.29 is 0 Å². The van der Waals surface area contributed by atoms with Gasteiger partial charge in [0.25, 0.3) is 0 Å². The largest absolute Gasteiger partial charge is 0.387 e. The molecular weight excluding hydrogens is 198 g/mol. The van der Waals surface area contributed by atoms with Crippen LogP contribution in [0.5, 0.6) is 0 Å². The van der Waals surface area contributed by atoms with Crippen molar-refractivity contribution in [1.29, 1.82) is 0 Å². The molecule has 0 radical (unpaired) electrons. The van der Waals surface area contributed by atoms with Gasteiger partial charge >= 0.3 is 0 Å². The third-order valence-corrected chi connectivity index (χ3v) is 3.20. The molecule has 0 aromatic rings. The summed E-state index contributed by atoms with van der Waals surface area (Å²) in [5, 5.41) is 0. The summed E-state index contributed by atoms with van der Waals surface area (Å²) >= 11 is 0. The van der Waals surface area contributed by atoms with Gasteiger partial charge in [-0.15, -0.1) is 0 Å². The van der Waals surface area contributed by atoms with Crippen LogP contribution in [0.3, 0.4) is 0 Å². The first-order valence-corrected chi connectivity index (χ1v) is 6.24. The SMILES string of the molecule is NC1=NC(CCN2C=CC=CC2)CCCC1. The maximum Gasteiger partial charge on any atom is 0.0940 e. The van der Waals surface area contributed by atoms with E-state index in [4.69, 9.17) is 5.73 Å². The molecule has 88 valence electrons. The van der Waals surface area contributed by atoms with Gasteiger partial charge in [-0.2, -0.15) is 0 Å². The van der Waals surface area contributed by atoms with Crippen LogP contribution in [0.1, 0.15) is 32.1 Å². The van der Waals surface area contributed by atoms with Crippen molar-refractivity contribution in [1.82, 2.24) is 4.90 Å². The fourth-order valence-corrected chi connectivity index (χ4v) is 2.25. The summed E-state index contributed by atoms with van der Waals surface area (Å²) in [6.45, 7) is 2.12. The van der Waals surface area contributed by atoms with E-state index in [1.165, 1.54) is 19.3 Å². The first kappa shape index (κ1) is 11.2. The molecule has 2 heterocycles. The minimum Gasteiger partial charge on any atom is -0.387 e. The fraction of sp³-hybridized carbons (Fsp3) is 0.615. The van der Waals surface area contributed by atoms with E-state index in [1.54, 1.807) is 0 Å². The van der Waals surface area contributed by atoms with Crippen molar-refractivity contribution in [3.05, 3.63) is 24.4 Å². The van der Waals surface area contributed by atoms with E-state index in [-0.39, 0.29) is 0 Å². The van der Waals surface area contributed by atoms with Crippen LogP contribution in [-0.2, 0) is 0 Å². The van der Waals surface area contributed by atoms with Crippen LogP contribution >= 0.6 is 0 Å². The van der Waals surface area contributed by atoms with Crippen LogP contribution in [0.25, 0.3) is 0 Å². The van der Waals surface area contributed by atoms with Crippen molar-refractivity contribution in [2.75, 3.05) is 13.1 Å². The van der Waals surface area contributed by atoms with E-state index in [0.29, 0.717) is 6.04 Å². The van der Waals surface area contributed by atoms with Crippen molar-refractivity contribution >= 4 is 5.84 Å². The van der Waals surface area contributed by atoms with Crippen molar-refractivity contribution in [3.8, 4) is 0 Å². The van der Waals surface area contributed by atoms with E-state index in [9.17, 15) is 0 Å². The zero-order valence-electron chi connectivity index (χ0n) is 9.81. The lowest BCUT2D eigenvalue weighted by molar-refractivity contribution is 0.377. The van der Waals surface area contributed by atoms with Crippen LogP contribution in [0.2, 0.25) is 0 Å². The minimum absolute atomic E-state index is 0.446. The lowest BCUT2D eigenvalue weighted by Gasteiger charge is -2.22. The number of allylic oxidation sites excluding steroid dienone is 2. The first-order chi connectivity index (χ1) is 7.84. The average molecular weight is 219 g/mol. The maximum absolute atomic E-state index is 5.85. The van der Waals surface area contributed by atoms with Gasteiger partial charge in [-0.3, -0.25) is 4.99 Å². The first-order valence-electron chi connectivity index (χ1n) is 6.24. The number of nitrogens with zero attached hydrogens (tertiary/aromatic N) is 2. The highest BCUT2D eigenvalue weighted by Gasteiger charge is 2.12. The zero-order valence-corrected chi connectivity index (χ0v) is 9.81. The molecule has 3 heteroatoms. The van der Waals surface area contributed by atoms with Crippen molar-refractivity contribution in [2.45, 2.75) is 38.1 Å². The summed E-state index contributed by atoms with van der Waals surface area (Å²) in [7, 11) is 0. The topological polar surface area (TPSA) is 41.6 Å². The monoisotopic (exact) mass is 219 g/mol. The summed E-state index contributed by atoms with van der Waals surface area (Å²) in [5.74, 6) is 0.858. The number of aliphatic imine (C=N–C) groups is 1. The van der Waals surface area contributed by atoms with Gasteiger partial charge in [0.15, 0.2) is 0 Å². The lowest BCUT2D eigenvalue weighted by Crippen LogP contribution is -2.24. The van der Waals surface area contributed by atoms with Crippen LogP contribution in [0.15, 0.2) is 29.4 Å². The molecule has 0 fully saturated rings. The van der Waals surface area contributed by atoms with Gasteiger partial charge in [0, 0.05) is 19.5 Å². The molecule has 0 aliphatic carbocycles. The predicted octanol–water partition coefficient (Wildman–Crippen LogP) is 2.06. The Hall–Kier alpha value is -1.25. The summed E-state index contributed by atoms with van der Waals surface area (Å²) in [6.07, 6.45) is 14.3. The number of hydrogen-bond acceptors (Lipinski definition) is 3. The Bertz CT molecular complexity index is 304. The van der Waals surface area contributed by atoms with E-state index >= 15 is 0 Å². The quantitative estimate of drug-likeness (QED) is 0.789. The minimum atomic E-state index is 0.446. The molecule has 16 heavy (non-hydrogen) atoms. The molecule has 0 saturated carbocycles. The van der Waals surface area contributed by atoms with Crippen molar-refractivity contribution in [2.24, 2.45) is 10.7 Å². The smallest absolute Gasteiger partial charge is 0.0940 e. The zero-order chi connectivity index (χ0) is 11.2. The number of rotatable bonds is 3. The summed E-state index contributed by atoms with van der Waals surface area (Å²) in [4.78, 5) is 6.92. The maximum atomic E-state index is 5.85. The molecule has 2 N–H and O–H groups in total. The lowest BCUT2D eigenvalue weighted by atomic mass is 10.1. The molecule has 2 aliphatic rings. The molecule has 0 aromatic heterocycles. The molecule has 0 saturated heterocycles.